The molecule has 0 aliphatic heterocycles. The number of carbonyl (C=O) groups is 3. The molecule has 0 aromatic carbocycles. The van der Waals surface area contributed by atoms with Gasteiger partial charge in [-0.1, -0.05) is 13.8 Å². The first-order valence-electron chi connectivity index (χ1n) is 8.28. The van der Waals surface area contributed by atoms with Crippen LogP contribution in [-0.4, -0.2) is 40.6 Å². The first-order chi connectivity index (χ1) is 11.9. The molecule has 9 heteroatoms. The van der Waals surface area contributed by atoms with Gasteiger partial charge in [-0.2, -0.15) is 5.48 Å². The Bertz CT molecular complexity index is 651. The molecule has 0 aliphatic rings. The molecule has 0 unspecified atom stereocenters. The number of anilines is 1. The third-order valence-corrected chi connectivity index (χ3v) is 4.25. The van der Waals surface area contributed by atoms with Crippen molar-refractivity contribution in [2.75, 3.05) is 5.32 Å². The summed E-state index contributed by atoms with van der Waals surface area (Å²) in [6.07, 6.45) is 0. The smallest absolute Gasteiger partial charge is 0.345 e. The van der Waals surface area contributed by atoms with Crippen molar-refractivity contribution in [3.05, 3.63) is 17.0 Å². The van der Waals surface area contributed by atoms with Gasteiger partial charge < -0.3 is 15.7 Å². The predicted molar refractivity (Wildman–Crippen MR) is 100 cm³/mol. The number of hydrogen-bond acceptors (Lipinski definition) is 6. The van der Waals surface area contributed by atoms with Gasteiger partial charge in [-0.15, -0.1) is 11.3 Å². The molecule has 2 atom stereocenters. The van der Waals surface area contributed by atoms with Crippen molar-refractivity contribution in [1.82, 2.24) is 10.8 Å². The van der Waals surface area contributed by atoms with Gasteiger partial charge in [-0.3, -0.25) is 14.4 Å². The zero-order chi connectivity index (χ0) is 20.1. The molecule has 146 valence electrons. The second-order valence-corrected chi connectivity index (χ2v) is 8.33. The van der Waals surface area contributed by atoms with Crippen molar-refractivity contribution in [3.8, 4) is 0 Å². The molecule has 8 nitrogen and oxygen atoms in total. The second kappa shape index (κ2) is 9.11. The van der Waals surface area contributed by atoms with Gasteiger partial charge >= 0.3 is 5.97 Å². The van der Waals surface area contributed by atoms with Crippen molar-refractivity contribution < 1.29 is 24.3 Å². The number of thiophene rings is 1. The van der Waals surface area contributed by atoms with Crippen LogP contribution < -0.4 is 16.1 Å². The van der Waals surface area contributed by atoms with Crippen LogP contribution in [0.5, 0.6) is 0 Å². The Morgan fingerprint density at radius 3 is 2.19 bits per heavy atom. The van der Waals surface area contributed by atoms with Crippen molar-refractivity contribution in [2.24, 2.45) is 5.92 Å². The van der Waals surface area contributed by atoms with Gasteiger partial charge in [0.1, 0.15) is 17.0 Å². The maximum atomic E-state index is 12.5. The molecule has 2 amide bonds. The highest BCUT2D eigenvalue weighted by molar-refractivity contribution is 7.18. The van der Waals surface area contributed by atoms with E-state index in [2.05, 4.69) is 16.1 Å². The Morgan fingerprint density at radius 2 is 1.73 bits per heavy atom. The van der Waals surface area contributed by atoms with Crippen LogP contribution in [0.3, 0.4) is 0 Å². The largest absolute Gasteiger partial charge is 0.477 e. The summed E-state index contributed by atoms with van der Waals surface area (Å²) < 4.78 is 0. The highest BCUT2D eigenvalue weighted by atomic mass is 32.1. The number of aromatic carboxylic acids is 1. The molecule has 4 N–H and O–H groups in total. The lowest BCUT2D eigenvalue weighted by Gasteiger charge is -2.27. The average molecular weight is 385 g/mol. The zero-order valence-corrected chi connectivity index (χ0v) is 16.7. The molecule has 26 heavy (non-hydrogen) atoms. The average Bonchev–Trinajstić information content (AvgIpc) is 2.94. The van der Waals surface area contributed by atoms with Crippen LogP contribution in [0.2, 0.25) is 0 Å². The highest BCUT2D eigenvalue weighted by Gasteiger charge is 2.27. The van der Waals surface area contributed by atoms with Crippen LogP contribution in [0.15, 0.2) is 12.1 Å². The molecule has 0 saturated carbocycles. The minimum Gasteiger partial charge on any atom is -0.477 e. The number of hydroxylamine groups is 1. The molecule has 1 heterocycles. The number of nitrogens with one attached hydrogen (secondary N) is 3. The van der Waals surface area contributed by atoms with Crippen molar-refractivity contribution in [3.63, 3.8) is 0 Å². The van der Waals surface area contributed by atoms with Gasteiger partial charge in [-0.05, 0) is 45.7 Å². The Morgan fingerprint density at radius 1 is 1.12 bits per heavy atom. The SMILES string of the molecule is CC(C)[C@@H](NOC(C)(C)C)C(=O)N[C@H](C)C(=O)Nc1ccc(C(=O)O)s1. The summed E-state index contributed by atoms with van der Waals surface area (Å²) in [4.78, 5) is 41.1. The fourth-order valence-electron chi connectivity index (χ4n) is 1.85. The van der Waals surface area contributed by atoms with Gasteiger partial charge in [0.05, 0.1) is 10.6 Å². The van der Waals surface area contributed by atoms with Crippen LogP contribution in [0.25, 0.3) is 0 Å². The van der Waals surface area contributed by atoms with Crippen LogP contribution in [0.1, 0.15) is 51.2 Å². The minimum absolute atomic E-state index is 0.0527. The molecule has 0 aliphatic carbocycles. The normalized spacial score (nSPS) is 14.0. The lowest BCUT2D eigenvalue weighted by atomic mass is 10.0. The lowest BCUT2D eigenvalue weighted by Crippen LogP contribution is -2.53. The van der Waals surface area contributed by atoms with E-state index < -0.39 is 29.6 Å². The molecule has 0 saturated heterocycles. The van der Waals surface area contributed by atoms with E-state index in [1.807, 2.05) is 34.6 Å². The first-order valence-corrected chi connectivity index (χ1v) is 9.10. The maximum Gasteiger partial charge on any atom is 0.345 e. The molecular weight excluding hydrogens is 358 g/mol. The molecular formula is C17H27N3O5S. The molecule has 1 rings (SSSR count). The third-order valence-electron chi connectivity index (χ3n) is 3.26. The Hall–Kier alpha value is -1.97. The van der Waals surface area contributed by atoms with Crippen molar-refractivity contribution in [1.29, 1.82) is 0 Å². The van der Waals surface area contributed by atoms with E-state index >= 15 is 0 Å². The monoisotopic (exact) mass is 385 g/mol. The van der Waals surface area contributed by atoms with E-state index in [-0.39, 0.29) is 16.7 Å². The van der Waals surface area contributed by atoms with Crippen LogP contribution >= 0.6 is 11.3 Å². The molecule has 0 radical (unpaired) electrons. The Balaban J connectivity index is 2.64. The summed E-state index contributed by atoms with van der Waals surface area (Å²) in [5.41, 5.74) is 2.30. The first kappa shape index (κ1) is 22.1. The maximum absolute atomic E-state index is 12.5. The molecule has 0 fully saturated rings. The fourth-order valence-corrected chi connectivity index (χ4v) is 2.60. The van der Waals surface area contributed by atoms with E-state index in [4.69, 9.17) is 9.94 Å². The number of carboxylic acid groups (broad SMARTS) is 1. The predicted octanol–water partition coefficient (Wildman–Crippen LogP) is 2.23. The highest BCUT2D eigenvalue weighted by Crippen LogP contribution is 2.21. The summed E-state index contributed by atoms with van der Waals surface area (Å²) in [6.45, 7) is 10.9. The van der Waals surface area contributed by atoms with E-state index in [1.54, 1.807) is 6.92 Å². The zero-order valence-electron chi connectivity index (χ0n) is 15.9. The number of hydrogen-bond donors (Lipinski definition) is 4. The van der Waals surface area contributed by atoms with E-state index in [1.165, 1.54) is 12.1 Å². The summed E-state index contributed by atoms with van der Waals surface area (Å²) in [6, 6.07) is 1.50. The lowest BCUT2D eigenvalue weighted by molar-refractivity contribution is -0.139. The number of rotatable bonds is 8. The molecule has 0 spiro atoms. The van der Waals surface area contributed by atoms with E-state index in [0.29, 0.717) is 5.00 Å². The summed E-state index contributed by atoms with van der Waals surface area (Å²) in [7, 11) is 0. The summed E-state index contributed by atoms with van der Waals surface area (Å²) in [5.74, 6) is -1.90. The topological polar surface area (TPSA) is 117 Å². The third kappa shape index (κ3) is 7.11. The minimum atomic E-state index is -1.05. The van der Waals surface area contributed by atoms with Crippen molar-refractivity contribution in [2.45, 2.75) is 59.2 Å². The van der Waals surface area contributed by atoms with Gasteiger partial charge in [0, 0.05) is 0 Å². The standard InChI is InChI=1S/C17H27N3O5S/c1-9(2)13(20-25-17(4,5)6)15(22)18-10(3)14(21)19-12-8-7-11(26-12)16(23)24/h7-10,13,20H,1-6H3,(H,18,22)(H,19,21)(H,23,24)/t10-,13-/m1/s1. The van der Waals surface area contributed by atoms with Gasteiger partial charge in [-0.25, -0.2) is 4.79 Å². The van der Waals surface area contributed by atoms with Crippen LogP contribution in [-0.2, 0) is 14.4 Å². The number of carboxylic acids is 1. The van der Waals surface area contributed by atoms with Gasteiger partial charge in [0.2, 0.25) is 11.8 Å². The van der Waals surface area contributed by atoms with Crippen LogP contribution in [0.4, 0.5) is 5.00 Å². The number of carbonyl (C=O) groups excluding carboxylic acids is 2. The molecule has 1 aromatic rings. The summed E-state index contributed by atoms with van der Waals surface area (Å²) in [5, 5.41) is 14.5. The Kier molecular flexibility index (Phi) is 7.73. The van der Waals surface area contributed by atoms with Gasteiger partial charge in [0.15, 0.2) is 0 Å². The quantitative estimate of drug-likeness (QED) is 0.510. The summed E-state index contributed by atoms with van der Waals surface area (Å²) >= 11 is 0.951. The second-order valence-electron chi connectivity index (χ2n) is 7.24. The van der Waals surface area contributed by atoms with E-state index in [9.17, 15) is 14.4 Å². The van der Waals surface area contributed by atoms with E-state index in [0.717, 1.165) is 11.3 Å². The molecule has 1 aromatic heterocycles. The molecule has 0 bridgehead atoms. The van der Waals surface area contributed by atoms with Crippen molar-refractivity contribution >= 4 is 34.1 Å². The fraction of sp³-hybridized carbons (Fsp3) is 0.588. The Labute approximate surface area is 157 Å². The number of amides is 2. The van der Waals surface area contributed by atoms with Crippen LogP contribution in [0, 0.1) is 5.92 Å². The van der Waals surface area contributed by atoms with Gasteiger partial charge in [0.25, 0.3) is 0 Å².